The highest BCUT2D eigenvalue weighted by atomic mass is 19.4. The van der Waals surface area contributed by atoms with Crippen LogP contribution in [-0.4, -0.2) is 43.8 Å². The summed E-state index contributed by atoms with van der Waals surface area (Å²) in [6.07, 6.45) is 0.890. The van der Waals surface area contributed by atoms with E-state index in [1.807, 2.05) is 0 Å². The second-order valence-electron chi connectivity index (χ2n) is 6.97. The second-order valence-corrected chi connectivity index (χ2v) is 6.97. The van der Waals surface area contributed by atoms with E-state index in [-0.39, 0.29) is 5.75 Å². The summed E-state index contributed by atoms with van der Waals surface area (Å²) in [5, 5.41) is 3.34. The Morgan fingerprint density at radius 3 is 2.48 bits per heavy atom. The zero-order chi connectivity index (χ0) is 17.9. The number of ether oxygens (including phenoxy) is 1. The van der Waals surface area contributed by atoms with Gasteiger partial charge in [0, 0.05) is 26.7 Å². The van der Waals surface area contributed by atoms with Crippen LogP contribution >= 0.6 is 0 Å². The van der Waals surface area contributed by atoms with Gasteiger partial charge in [-0.1, -0.05) is 18.6 Å². The number of guanidine groups is 1. The molecule has 1 spiro atoms. The Bertz CT molecular complexity index is 609. The number of alkyl halides is 3. The van der Waals surface area contributed by atoms with Gasteiger partial charge in [0.15, 0.2) is 12.6 Å². The molecule has 1 aromatic carbocycles. The molecular formula is C18H24F3N3O. The third-order valence-corrected chi connectivity index (χ3v) is 5.14. The Labute approximate surface area is 146 Å². The van der Waals surface area contributed by atoms with Crippen molar-refractivity contribution in [2.45, 2.75) is 38.4 Å². The summed E-state index contributed by atoms with van der Waals surface area (Å²) in [4.78, 5) is 6.67. The number of benzene rings is 1. The zero-order valence-corrected chi connectivity index (χ0v) is 14.4. The molecule has 1 heterocycles. The maximum Gasteiger partial charge on any atom is 0.422 e. The van der Waals surface area contributed by atoms with Gasteiger partial charge in [-0.3, -0.25) is 4.99 Å². The van der Waals surface area contributed by atoms with E-state index in [0.717, 1.165) is 24.6 Å². The van der Waals surface area contributed by atoms with Gasteiger partial charge in [0.1, 0.15) is 5.75 Å². The van der Waals surface area contributed by atoms with Crippen molar-refractivity contribution in [3.8, 4) is 5.75 Å². The van der Waals surface area contributed by atoms with Crippen LogP contribution in [0.2, 0.25) is 0 Å². The van der Waals surface area contributed by atoms with Crippen LogP contribution in [0.25, 0.3) is 0 Å². The zero-order valence-electron chi connectivity index (χ0n) is 14.4. The van der Waals surface area contributed by atoms with Crippen molar-refractivity contribution in [3.63, 3.8) is 0 Å². The van der Waals surface area contributed by atoms with Gasteiger partial charge in [-0.15, -0.1) is 0 Å². The van der Waals surface area contributed by atoms with Crippen molar-refractivity contribution in [1.29, 1.82) is 0 Å². The molecule has 0 bridgehead atoms. The van der Waals surface area contributed by atoms with Gasteiger partial charge in [0.2, 0.25) is 0 Å². The molecule has 0 amide bonds. The maximum absolute atomic E-state index is 12.1. The molecule has 2 fully saturated rings. The van der Waals surface area contributed by atoms with Crippen molar-refractivity contribution < 1.29 is 17.9 Å². The predicted octanol–water partition coefficient (Wildman–Crippen LogP) is 3.58. The molecule has 1 N–H and O–H groups in total. The summed E-state index contributed by atoms with van der Waals surface area (Å²) in [6.45, 7) is 1.41. The van der Waals surface area contributed by atoms with E-state index >= 15 is 0 Å². The van der Waals surface area contributed by atoms with Crippen LogP contribution in [0.5, 0.6) is 5.75 Å². The summed E-state index contributed by atoms with van der Waals surface area (Å²) in [5.74, 6) is 1.11. The largest absolute Gasteiger partial charge is 0.484 e. The number of hydrogen-bond acceptors (Lipinski definition) is 2. The predicted molar refractivity (Wildman–Crippen MR) is 90.7 cm³/mol. The SMILES string of the molecule is CN=C(NCc1ccc(OCC(F)(F)F)cc1)N1CCC2(CCC2)C1. The average molecular weight is 355 g/mol. The van der Waals surface area contributed by atoms with E-state index in [4.69, 9.17) is 4.74 Å². The minimum absolute atomic E-state index is 0.219. The number of hydrogen-bond donors (Lipinski definition) is 1. The van der Waals surface area contributed by atoms with Crippen LogP contribution in [0, 0.1) is 5.41 Å². The molecular weight excluding hydrogens is 331 g/mol. The van der Waals surface area contributed by atoms with E-state index in [1.54, 1.807) is 31.3 Å². The molecule has 0 atom stereocenters. The first-order chi connectivity index (χ1) is 11.9. The minimum Gasteiger partial charge on any atom is -0.484 e. The topological polar surface area (TPSA) is 36.9 Å². The Hall–Kier alpha value is -1.92. The van der Waals surface area contributed by atoms with Gasteiger partial charge in [-0.05, 0) is 42.4 Å². The van der Waals surface area contributed by atoms with Gasteiger partial charge in [0.25, 0.3) is 0 Å². The average Bonchev–Trinajstić information content (AvgIpc) is 3.00. The summed E-state index contributed by atoms with van der Waals surface area (Å²) in [7, 11) is 1.78. The Balaban J connectivity index is 1.49. The van der Waals surface area contributed by atoms with E-state index < -0.39 is 12.8 Å². The Morgan fingerprint density at radius 2 is 1.96 bits per heavy atom. The van der Waals surface area contributed by atoms with Crippen LogP contribution in [0.4, 0.5) is 13.2 Å². The molecule has 0 unspecified atom stereocenters. The smallest absolute Gasteiger partial charge is 0.422 e. The van der Waals surface area contributed by atoms with Crippen LogP contribution in [0.1, 0.15) is 31.2 Å². The Kier molecular flexibility index (Phi) is 5.11. The first-order valence-electron chi connectivity index (χ1n) is 8.63. The number of rotatable bonds is 4. The highest BCUT2D eigenvalue weighted by Gasteiger charge is 2.43. The van der Waals surface area contributed by atoms with Crippen LogP contribution in [-0.2, 0) is 6.54 Å². The highest BCUT2D eigenvalue weighted by molar-refractivity contribution is 5.80. The van der Waals surface area contributed by atoms with Crippen LogP contribution in [0.15, 0.2) is 29.3 Å². The lowest BCUT2D eigenvalue weighted by Gasteiger charge is -2.38. The molecule has 1 saturated heterocycles. The molecule has 4 nitrogen and oxygen atoms in total. The lowest BCUT2D eigenvalue weighted by molar-refractivity contribution is -0.153. The molecule has 1 aliphatic carbocycles. The first kappa shape index (κ1) is 17.9. The summed E-state index contributed by atoms with van der Waals surface area (Å²) in [6, 6.07) is 6.65. The standard InChI is InChI=1S/C18H24F3N3O/c1-22-16(24-10-9-17(12-24)7-2-8-17)23-11-14-3-5-15(6-4-14)25-13-18(19,20)21/h3-6H,2,7-13H2,1H3,(H,22,23). The molecule has 2 aliphatic rings. The maximum atomic E-state index is 12.1. The molecule has 1 aromatic rings. The molecule has 138 valence electrons. The van der Waals surface area contributed by atoms with E-state index in [9.17, 15) is 13.2 Å². The van der Waals surface area contributed by atoms with Crippen molar-refractivity contribution in [2.24, 2.45) is 10.4 Å². The summed E-state index contributed by atoms with van der Waals surface area (Å²) >= 11 is 0. The van der Waals surface area contributed by atoms with Crippen molar-refractivity contribution in [1.82, 2.24) is 10.2 Å². The molecule has 0 aromatic heterocycles. The van der Waals surface area contributed by atoms with Crippen molar-refractivity contribution >= 4 is 5.96 Å². The van der Waals surface area contributed by atoms with Crippen molar-refractivity contribution in [3.05, 3.63) is 29.8 Å². The fraction of sp³-hybridized carbons (Fsp3) is 0.611. The van der Waals surface area contributed by atoms with Gasteiger partial charge in [-0.2, -0.15) is 13.2 Å². The third kappa shape index (κ3) is 4.58. The van der Waals surface area contributed by atoms with Gasteiger partial charge >= 0.3 is 6.18 Å². The van der Waals surface area contributed by atoms with Crippen LogP contribution in [0.3, 0.4) is 0 Å². The fourth-order valence-corrected chi connectivity index (χ4v) is 3.58. The number of nitrogens with one attached hydrogen (secondary N) is 1. The van der Waals surface area contributed by atoms with Gasteiger partial charge in [0.05, 0.1) is 0 Å². The first-order valence-corrected chi connectivity index (χ1v) is 8.63. The normalized spacial score (nSPS) is 19.8. The Morgan fingerprint density at radius 1 is 1.24 bits per heavy atom. The quantitative estimate of drug-likeness (QED) is 0.663. The number of halogens is 3. The van der Waals surface area contributed by atoms with Crippen molar-refractivity contribution in [2.75, 3.05) is 26.7 Å². The number of nitrogens with zero attached hydrogens (tertiary/aromatic N) is 2. The number of likely N-dealkylation sites (tertiary alicyclic amines) is 1. The molecule has 1 saturated carbocycles. The van der Waals surface area contributed by atoms with Gasteiger partial charge < -0.3 is 15.0 Å². The molecule has 1 aliphatic heterocycles. The molecule has 3 rings (SSSR count). The number of aliphatic imine (C=N–C) groups is 1. The lowest BCUT2D eigenvalue weighted by Crippen LogP contribution is -2.42. The fourth-order valence-electron chi connectivity index (χ4n) is 3.58. The monoisotopic (exact) mass is 355 g/mol. The third-order valence-electron chi connectivity index (χ3n) is 5.14. The summed E-state index contributed by atoms with van der Waals surface area (Å²) in [5.41, 5.74) is 1.48. The van der Waals surface area contributed by atoms with E-state index in [0.29, 0.717) is 12.0 Å². The molecule has 25 heavy (non-hydrogen) atoms. The summed E-state index contributed by atoms with van der Waals surface area (Å²) < 4.78 is 41.2. The lowest BCUT2D eigenvalue weighted by atomic mass is 9.68. The molecule has 0 radical (unpaired) electrons. The van der Waals surface area contributed by atoms with Gasteiger partial charge in [-0.25, -0.2) is 0 Å². The van der Waals surface area contributed by atoms with Crippen LogP contribution < -0.4 is 10.1 Å². The minimum atomic E-state index is -4.32. The second kappa shape index (κ2) is 7.14. The molecule has 7 heteroatoms. The highest BCUT2D eigenvalue weighted by Crippen LogP contribution is 2.47. The van der Waals surface area contributed by atoms with E-state index in [1.165, 1.54) is 25.7 Å². The van der Waals surface area contributed by atoms with E-state index in [2.05, 4.69) is 15.2 Å².